The Morgan fingerprint density at radius 1 is 1.08 bits per heavy atom. The quantitative estimate of drug-likeness (QED) is 0.656. The third kappa shape index (κ3) is 4.58. The van der Waals surface area contributed by atoms with Gasteiger partial charge in [0.05, 0.1) is 5.60 Å². The van der Waals surface area contributed by atoms with Gasteiger partial charge in [0.25, 0.3) is 0 Å². The summed E-state index contributed by atoms with van der Waals surface area (Å²) in [6, 6.07) is 7.23. The van der Waals surface area contributed by atoms with Gasteiger partial charge in [-0.1, -0.05) is 0 Å². The van der Waals surface area contributed by atoms with E-state index in [4.69, 9.17) is 15.3 Å². The number of benzene rings is 1. The van der Waals surface area contributed by atoms with Crippen molar-refractivity contribution in [3.05, 3.63) is 30.5 Å². The summed E-state index contributed by atoms with van der Waals surface area (Å²) in [5.41, 5.74) is 5.23. The number of fused-ring (bicyclic) bond motifs is 1. The van der Waals surface area contributed by atoms with Gasteiger partial charge in [0, 0.05) is 17.3 Å². The fourth-order valence-corrected chi connectivity index (χ4v) is 2.09. The maximum Gasteiger partial charge on any atom is 0.440 e. The fraction of sp³-hybridized carbons (Fsp3) is 0.444. The molecule has 0 fully saturated rings. The molecule has 0 atom stereocenters. The first kappa shape index (κ1) is 18.0. The minimum Gasteiger partial charge on any atom is -0.442 e. The van der Waals surface area contributed by atoms with E-state index in [1.807, 2.05) is 39.0 Å². The average molecular weight is 331 g/mol. The second-order valence-corrected chi connectivity index (χ2v) is 7.59. The van der Waals surface area contributed by atoms with Gasteiger partial charge in [0.2, 0.25) is 0 Å². The van der Waals surface area contributed by atoms with E-state index in [2.05, 4.69) is 4.98 Å². The van der Waals surface area contributed by atoms with Gasteiger partial charge in [-0.25, -0.2) is 9.78 Å². The third-order valence-electron chi connectivity index (χ3n) is 2.88. The molecule has 0 radical (unpaired) electrons. The van der Waals surface area contributed by atoms with Crippen molar-refractivity contribution in [1.29, 1.82) is 0 Å². The summed E-state index contributed by atoms with van der Waals surface area (Å²) in [7, 11) is 0. The van der Waals surface area contributed by atoms with Crippen LogP contribution in [0.15, 0.2) is 30.5 Å². The van der Waals surface area contributed by atoms with Gasteiger partial charge in [-0.2, -0.15) is 0 Å². The SMILES string of the molecule is CC(C)(C)OC(=O)N(OC(C)(C)C)c1nccc2cc(N)ccc12. The van der Waals surface area contributed by atoms with Crippen LogP contribution in [0.2, 0.25) is 0 Å². The monoisotopic (exact) mass is 331 g/mol. The van der Waals surface area contributed by atoms with Crippen LogP contribution in [0.4, 0.5) is 16.3 Å². The Hall–Kier alpha value is -2.34. The molecule has 0 bridgehead atoms. The molecule has 0 saturated heterocycles. The molecule has 0 saturated carbocycles. The van der Waals surface area contributed by atoms with E-state index in [-0.39, 0.29) is 0 Å². The zero-order valence-electron chi connectivity index (χ0n) is 15.1. The van der Waals surface area contributed by atoms with Gasteiger partial charge in [0.15, 0.2) is 5.82 Å². The second-order valence-electron chi connectivity index (χ2n) is 7.59. The molecule has 0 aliphatic heterocycles. The first-order valence-electron chi connectivity index (χ1n) is 7.83. The number of amides is 1. The molecule has 0 aliphatic carbocycles. The van der Waals surface area contributed by atoms with E-state index < -0.39 is 17.3 Å². The summed E-state index contributed by atoms with van der Waals surface area (Å²) in [6.45, 7) is 11.0. The summed E-state index contributed by atoms with van der Waals surface area (Å²) in [6.07, 6.45) is 0.995. The number of nitrogens with two attached hydrogens (primary N) is 1. The van der Waals surface area contributed by atoms with E-state index >= 15 is 0 Å². The first-order chi connectivity index (χ1) is 11.0. The van der Waals surface area contributed by atoms with Gasteiger partial charge < -0.3 is 10.5 Å². The number of hydroxylamine groups is 1. The number of nitrogens with zero attached hydrogens (tertiary/aromatic N) is 2. The highest BCUT2D eigenvalue weighted by molar-refractivity contribution is 5.99. The molecular weight excluding hydrogens is 306 g/mol. The van der Waals surface area contributed by atoms with Gasteiger partial charge in [-0.05, 0) is 71.2 Å². The van der Waals surface area contributed by atoms with E-state index in [0.29, 0.717) is 11.5 Å². The molecular formula is C18H25N3O3. The third-order valence-corrected chi connectivity index (χ3v) is 2.88. The van der Waals surface area contributed by atoms with Crippen LogP contribution in [-0.4, -0.2) is 22.3 Å². The van der Waals surface area contributed by atoms with Gasteiger partial charge in [-0.15, -0.1) is 5.06 Å². The molecule has 2 aromatic rings. The summed E-state index contributed by atoms with van der Waals surface area (Å²) in [5, 5.41) is 2.73. The molecule has 2 N–H and O–H groups in total. The molecule has 1 aromatic heterocycles. The molecule has 130 valence electrons. The Morgan fingerprint density at radius 3 is 2.33 bits per heavy atom. The van der Waals surface area contributed by atoms with Crippen LogP contribution < -0.4 is 10.8 Å². The maximum atomic E-state index is 12.7. The van der Waals surface area contributed by atoms with Gasteiger partial charge >= 0.3 is 6.09 Å². The second kappa shape index (κ2) is 6.28. The van der Waals surface area contributed by atoms with Crippen LogP contribution in [0.1, 0.15) is 41.5 Å². The predicted octanol–water partition coefficient (Wildman–Crippen LogP) is 4.29. The number of aromatic nitrogens is 1. The topological polar surface area (TPSA) is 77.7 Å². The molecule has 1 heterocycles. The largest absolute Gasteiger partial charge is 0.442 e. The number of hydrogen-bond donors (Lipinski definition) is 1. The Kier molecular flexibility index (Phi) is 4.71. The molecule has 0 unspecified atom stereocenters. The Balaban J connectivity index is 2.53. The molecule has 0 spiro atoms. The van der Waals surface area contributed by atoms with E-state index in [1.54, 1.807) is 33.0 Å². The van der Waals surface area contributed by atoms with Crippen molar-refractivity contribution in [3.8, 4) is 0 Å². The van der Waals surface area contributed by atoms with E-state index in [1.165, 1.54) is 0 Å². The summed E-state index contributed by atoms with van der Waals surface area (Å²) in [4.78, 5) is 22.8. The van der Waals surface area contributed by atoms with Crippen LogP contribution in [-0.2, 0) is 9.57 Å². The number of hydrogen-bond acceptors (Lipinski definition) is 5. The maximum absolute atomic E-state index is 12.7. The highest BCUT2D eigenvalue weighted by Gasteiger charge is 2.30. The number of carbonyl (C=O) groups is 1. The number of carbonyl (C=O) groups excluding carboxylic acids is 1. The Labute approximate surface area is 142 Å². The Bertz CT molecular complexity index is 745. The number of rotatable bonds is 2. The average Bonchev–Trinajstić information content (AvgIpc) is 2.41. The number of ether oxygens (including phenoxy) is 1. The fourth-order valence-electron chi connectivity index (χ4n) is 2.09. The molecule has 6 nitrogen and oxygen atoms in total. The zero-order valence-corrected chi connectivity index (χ0v) is 15.1. The number of nitrogen functional groups attached to an aromatic ring is 1. The van der Waals surface area contributed by atoms with Crippen LogP contribution in [0, 0.1) is 0 Å². The smallest absolute Gasteiger partial charge is 0.440 e. The van der Waals surface area contributed by atoms with Crippen molar-refractivity contribution < 1.29 is 14.4 Å². The lowest BCUT2D eigenvalue weighted by atomic mass is 10.1. The van der Waals surface area contributed by atoms with Crippen molar-refractivity contribution in [1.82, 2.24) is 4.98 Å². The lowest BCUT2D eigenvalue weighted by molar-refractivity contribution is -0.0360. The van der Waals surface area contributed by atoms with Crippen LogP contribution in [0.3, 0.4) is 0 Å². The van der Waals surface area contributed by atoms with Gasteiger partial charge in [-0.3, -0.25) is 4.84 Å². The van der Waals surface area contributed by atoms with Crippen LogP contribution in [0.25, 0.3) is 10.8 Å². The molecule has 6 heteroatoms. The first-order valence-corrected chi connectivity index (χ1v) is 7.83. The molecule has 0 aliphatic rings. The van der Waals surface area contributed by atoms with Crippen molar-refractivity contribution in [2.45, 2.75) is 52.7 Å². The van der Waals surface area contributed by atoms with Crippen molar-refractivity contribution in [2.75, 3.05) is 10.8 Å². The normalized spacial score (nSPS) is 12.2. The van der Waals surface area contributed by atoms with E-state index in [0.717, 1.165) is 15.8 Å². The minimum absolute atomic E-state index is 0.372. The summed E-state index contributed by atoms with van der Waals surface area (Å²) < 4.78 is 5.47. The number of anilines is 2. The highest BCUT2D eigenvalue weighted by Crippen LogP contribution is 2.29. The summed E-state index contributed by atoms with van der Waals surface area (Å²) in [5.74, 6) is 0.372. The number of pyridine rings is 1. The van der Waals surface area contributed by atoms with Gasteiger partial charge in [0.1, 0.15) is 5.60 Å². The van der Waals surface area contributed by atoms with Crippen LogP contribution >= 0.6 is 0 Å². The van der Waals surface area contributed by atoms with Crippen LogP contribution in [0.5, 0.6) is 0 Å². The predicted molar refractivity (Wildman–Crippen MR) is 95.7 cm³/mol. The summed E-state index contributed by atoms with van der Waals surface area (Å²) >= 11 is 0. The van der Waals surface area contributed by atoms with Crippen molar-refractivity contribution in [3.63, 3.8) is 0 Å². The lowest BCUT2D eigenvalue weighted by Crippen LogP contribution is -2.42. The zero-order chi connectivity index (χ0) is 18.1. The molecule has 1 amide bonds. The minimum atomic E-state index is -0.647. The molecule has 2 rings (SSSR count). The standard InChI is InChI=1S/C18H25N3O3/c1-17(2,3)23-16(22)21(24-18(4,5)6)15-14-8-7-13(19)11-12(14)9-10-20-15/h7-11H,19H2,1-6H3. The van der Waals surface area contributed by atoms with Crippen molar-refractivity contribution in [2.24, 2.45) is 0 Å². The van der Waals surface area contributed by atoms with E-state index in [9.17, 15) is 4.79 Å². The van der Waals surface area contributed by atoms with Crippen molar-refractivity contribution >= 4 is 28.4 Å². The molecule has 24 heavy (non-hydrogen) atoms. The highest BCUT2D eigenvalue weighted by atomic mass is 16.7. The molecule has 1 aromatic carbocycles. The lowest BCUT2D eigenvalue weighted by Gasteiger charge is -2.31. The Morgan fingerprint density at radius 2 is 1.75 bits per heavy atom.